The Kier molecular flexibility index (Phi) is 5.84. The molecule has 0 radical (unpaired) electrons. The molecule has 1 saturated heterocycles. The van der Waals surface area contributed by atoms with Gasteiger partial charge in [0.2, 0.25) is 0 Å². The molecule has 0 unspecified atom stereocenters. The van der Waals surface area contributed by atoms with Crippen molar-refractivity contribution in [3.05, 3.63) is 53.6 Å². The van der Waals surface area contributed by atoms with Crippen LogP contribution < -0.4 is 4.90 Å². The molecule has 0 spiro atoms. The summed E-state index contributed by atoms with van der Waals surface area (Å²) >= 11 is 0. The van der Waals surface area contributed by atoms with E-state index in [4.69, 9.17) is 0 Å². The fourth-order valence-electron chi connectivity index (χ4n) is 3.46. The summed E-state index contributed by atoms with van der Waals surface area (Å²) in [5.41, 5.74) is 3.14. The predicted molar refractivity (Wildman–Crippen MR) is 111 cm³/mol. The predicted octanol–water partition coefficient (Wildman–Crippen LogP) is 2.12. The molecule has 0 bridgehead atoms. The highest BCUT2D eigenvalue weighted by molar-refractivity contribution is 7.91. The summed E-state index contributed by atoms with van der Waals surface area (Å²) in [4.78, 5) is 4.47. The Morgan fingerprint density at radius 3 is 2.07 bits per heavy atom. The molecule has 1 heterocycles. The minimum absolute atomic E-state index is 0.0230. The summed E-state index contributed by atoms with van der Waals surface area (Å²) in [5.74, 6) is 0. The van der Waals surface area contributed by atoms with Crippen molar-refractivity contribution in [3.8, 4) is 0 Å². The van der Waals surface area contributed by atoms with Gasteiger partial charge in [-0.1, -0.05) is 24.3 Å². The molecule has 152 valence electrons. The van der Waals surface area contributed by atoms with E-state index in [0.29, 0.717) is 18.8 Å². The molecule has 0 amide bonds. The van der Waals surface area contributed by atoms with E-state index in [1.807, 2.05) is 17.0 Å². The van der Waals surface area contributed by atoms with Crippen LogP contribution in [0.1, 0.15) is 11.1 Å². The highest BCUT2D eigenvalue weighted by atomic mass is 32.2. The second kappa shape index (κ2) is 7.85. The Morgan fingerprint density at radius 2 is 1.50 bits per heavy atom. The first kappa shape index (κ1) is 20.8. The third kappa shape index (κ3) is 4.74. The van der Waals surface area contributed by atoms with Crippen molar-refractivity contribution >= 4 is 25.4 Å². The molecule has 3 rings (SSSR count). The van der Waals surface area contributed by atoms with Gasteiger partial charge in [-0.05, 0) is 36.2 Å². The van der Waals surface area contributed by atoms with Crippen molar-refractivity contribution < 1.29 is 16.8 Å². The first-order chi connectivity index (χ1) is 13.1. The van der Waals surface area contributed by atoms with Crippen molar-refractivity contribution in [1.29, 1.82) is 0 Å². The molecule has 6 nitrogen and oxygen atoms in total. The Labute approximate surface area is 167 Å². The average molecular weight is 423 g/mol. The number of benzene rings is 2. The maximum absolute atomic E-state index is 12.3. The molecule has 0 saturated carbocycles. The Balaban J connectivity index is 1.79. The van der Waals surface area contributed by atoms with Gasteiger partial charge in [0.05, 0.1) is 15.5 Å². The van der Waals surface area contributed by atoms with E-state index in [1.54, 1.807) is 6.07 Å². The van der Waals surface area contributed by atoms with Crippen molar-refractivity contribution in [2.45, 2.75) is 23.3 Å². The normalized spacial score (nSPS) is 16.3. The van der Waals surface area contributed by atoms with E-state index >= 15 is 0 Å². The van der Waals surface area contributed by atoms with Gasteiger partial charge in [0.25, 0.3) is 0 Å². The first-order valence-electron chi connectivity index (χ1n) is 9.12. The fraction of sp³-hybridized carbons (Fsp3) is 0.400. The summed E-state index contributed by atoms with van der Waals surface area (Å²) in [6.07, 6.45) is 2.20. The van der Waals surface area contributed by atoms with Crippen LogP contribution in [0.4, 0.5) is 5.69 Å². The summed E-state index contributed by atoms with van der Waals surface area (Å²) in [7, 11) is -7.02. The standard InChI is InChI=1S/C20H26N2O4S2/c1-16-6-4-5-7-17(16)15-21-10-12-22(13-11-21)19-9-8-18(27(2,23)24)14-20(19)28(3,25)26/h4-9,14H,10-13,15H2,1-3H3. The smallest absolute Gasteiger partial charge is 0.177 e. The zero-order chi connectivity index (χ0) is 20.5. The summed E-state index contributed by atoms with van der Waals surface area (Å²) < 4.78 is 48.2. The van der Waals surface area contributed by atoms with Gasteiger partial charge in [-0.3, -0.25) is 4.90 Å². The van der Waals surface area contributed by atoms with Crippen LogP contribution >= 0.6 is 0 Å². The van der Waals surface area contributed by atoms with Gasteiger partial charge < -0.3 is 4.90 Å². The number of nitrogens with zero attached hydrogens (tertiary/aromatic N) is 2. The molecule has 2 aromatic carbocycles. The number of piperazine rings is 1. The van der Waals surface area contributed by atoms with Crippen molar-refractivity contribution in [3.63, 3.8) is 0 Å². The van der Waals surface area contributed by atoms with Crippen LogP contribution in [0.5, 0.6) is 0 Å². The molecule has 1 aliphatic heterocycles. The molecule has 1 fully saturated rings. The maximum Gasteiger partial charge on any atom is 0.177 e. The third-order valence-electron chi connectivity index (χ3n) is 5.13. The zero-order valence-corrected chi connectivity index (χ0v) is 18.1. The molecule has 0 N–H and O–H groups in total. The van der Waals surface area contributed by atoms with Crippen LogP contribution in [0.25, 0.3) is 0 Å². The molecule has 0 atom stereocenters. The van der Waals surface area contributed by atoms with Crippen LogP contribution in [-0.2, 0) is 26.2 Å². The van der Waals surface area contributed by atoms with Crippen LogP contribution in [0.2, 0.25) is 0 Å². The SMILES string of the molecule is Cc1ccccc1CN1CCN(c2ccc(S(C)(=O)=O)cc2S(C)(=O)=O)CC1. The first-order valence-corrected chi connectivity index (χ1v) is 12.9. The molecular formula is C20H26N2O4S2. The lowest BCUT2D eigenvalue weighted by Crippen LogP contribution is -2.46. The van der Waals surface area contributed by atoms with Gasteiger partial charge in [0.1, 0.15) is 0 Å². The number of sulfone groups is 2. The summed E-state index contributed by atoms with van der Waals surface area (Å²) in [6.45, 7) is 5.97. The third-order valence-corrected chi connectivity index (χ3v) is 7.36. The minimum atomic E-state index is -3.55. The Morgan fingerprint density at radius 1 is 0.857 bits per heavy atom. The molecule has 28 heavy (non-hydrogen) atoms. The highest BCUT2D eigenvalue weighted by Gasteiger charge is 2.24. The highest BCUT2D eigenvalue weighted by Crippen LogP contribution is 2.29. The van der Waals surface area contributed by atoms with E-state index in [-0.39, 0.29) is 9.79 Å². The van der Waals surface area contributed by atoms with Crippen LogP contribution in [0, 0.1) is 6.92 Å². The maximum atomic E-state index is 12.3. The molecule has 8 heteroatoms. The lowest BCUT2D eigenvalue weighted by atomic mass is 10.1. The zero-order valence-electron chi connectivity index (χ0n) is 16.4. The van der Waals surface area contributed by atoms with Crippen molar-refractivity contribution in [2.24, 2.45) is 0 Å². The Bertz CT molecular complexity index is 1070. The number of hydrogen-bond acceptors (Lipinski definition) is 6. The van der Waals surface area contributed by atoms with Crippen molar-refractivity contribution in [1.82, 2.24) is 4.90 Å². The summed E-state index contributed by atoms with van der Waals surface area (Å²) in [6, 6.07) is 12.7. The van der Waals surface area contributed by atoms with Gasteiger partial charge in [-0.25, -0.2) is 16.8 Å². The largest absolute Gasteiger partial charge is 0.368 e. The van der Waals surface area contributed by atoms with Crippen molar-refractivity contribution in [2.75, 3.05) is 43.6 Å². The molecule has 0 aromatic heterocycles. The number of anilines is 1. The number of rotatable bonds is 5. The average Bonchev–Trinajstić information content (AvgIpc) is 2.62. The lowest BCUT2D eigenvalue weighted by Gasteiger charge is -2.37. The number of hydrogen-bond donors (Lipinski definition) is 0. The molecular weight excluding hydrogens is 396 g/mol. The second-order valence-corrected chi connectivity index (χ2v) is 11.4. The van der Waals surface area contributed by atoms with Gasteiger partial charge in [0, 0.05) is 45.2 Å². The summed E-state index contributed by atoms with van der Waals surface area (Å²) in [5, 5.41) is 0. The van der Waals surface area contributed by atoms with Gasteiger partial charge in [-0.2, -0.15) is 0 Å². The van der Waals surface area contributed by atoms with Crippen LogP contribution in [0.3, 0.4) is 0 Å². The van der Waals surface area contributed by atoms with E-state index < -0.39 is 19.7 Å². The van der Waals surface area contributed by atoms with Gasteiger partial charge in [-0.15, -0.1) is 0 Å². The topological polar surface area (TPSA) is 74.8 Å². The molecule has 2 aromatic rings. The minimum Gasteiger partial charge on any atom is -0.368 e. The van der Waals surface area contributed by atoms with Gasteiger partial charge >= 0.3 is 0 Å². The van der Waals surface area contributed by atoms with E-state index in [2.05, 4.69) is 24.0 Å². The molecule has 0 aliphatic carbocycles. The Hall–Kier alpha value is -1.90. The van der Waals surface area contributed by atoms with E-state index in [0.717, 1.165) is 32.1 Å². The molecule has 1 aliphatic rings. The number of aryl methyl sites for hydroxylation is 1. The second-order valence-electron chi connectivity index (χ2n) is 7.36. The quantitative estimate of drug-likeness (QED) is 0.735. The van der Waals surface area contributed by atoms with E-state index in [1.165, 1.54) is 23.3 Å². The monoisotopic (exact) mass is 422 g/mol. The fourth-order valence-corrected chi connectivity index (χ4v) is 5.10. The van der Waals surface area contributed by atoms with Crippen LogP contribution in [-0.4, -0.2) is 60.4 Å². The van der Waals surface area contributed by atoms with E-state index in [9.17, 15) is 16.8 Å². The van der Waals surface area contributed by atoms with Crippen LogP contribution in [0.15, 0.2) is 52.3 Å². The lowest BCUT2D eigenvalue weighted by molar-refractivity contribution is 0.249. The van der Waals surface area contributed by atoms with Gasteiger partial charge in [0.15, 0.2) is 19.7 Å².